The Morgan fingerprint density at radius 3 is 2.55 bits per heavy atom. The molecular formula is C14H22N2O5S. The van der Waals surface area contributed by atoms with Gasteiger partial charge < -0.3 is 14.7 Å². The first-order chi connectivity index (χ1) is 10.1. The van der Waals surface area contributed by atoms with Crippen molar-refractivity contribution in [1.82, 2.24) is 9.62 Å². The highest BCUT2D eigenvalue weighted by Gasteiger charge is 2.16. The van der Waals surface area contributed by atoms with Crippen LogP contribution in [0.15, 0.2) is 23.1 Å². The summed E-state index contributed by atoms with van der Waals surface area (Å²) in [6.45, 7) is 3.02. The molecule has 0 heterocycles. The van der Waals surface area contributed by atoms with Gasteiger partial charge in [-0.25, -0.2) is 13.1 Å². The van der Waals surface area contributed by atoms with E-state index < -0.39 is 16.1 Å². The van der Waals surface area contributed by atoms with Crippen LogP contribution in [-0.2, 0) is 14.8 Å². The first-order valence-corrected chi connectivity index (χ1v) is 8.23. The lowest BCUT2D eigenvalue weighted by Gasteiger charge is -2.14. The molecule has 1 aromatic carbocycles. The number of nitrogens with zero attached hydrogens (tertiary/aromatic N) is 1. The molecule has 1 rings (SSSR count). The van der Waals surface area contributed by atoms with E-state index >= 15 is 0 Å². The van der Waals surface area contributed by atoms with Gasteiger partial charge in [0, 0.05) is 20.6 Å². The number of likely N-dealkylation sites (N-methyl/N-ethyl adjacent to an activating group) is 1. The van der Waals surface area contributed by atoms with Crippen molar-refractivity contribution in [2.75, 3.05) is 27.2 Å². The molecule has 0 aliphatic rings. The fraction of sp³-hybridized carbons (Fsp3) is 0.500. The topological polar surface area (TPSA) is 95.9 Å². The van der Waals surface area contributed by atoms with Crippen LogP contribution in [0.2, 0.25) is 0 Å². The van der Waals surface area contributed by atoms with Crippen LogP contribution >= 0.6 is 0 Å². The van der Waals surface area contributed by atoms with E-state index in [0.29, 0.717) is 11.3 Å². The zero-order valence-corrected chi connectivity index (χ0v) is 14.0. The molecule has 22 heavy (non-hydrogen) atoms. The van der Waals surface area contributed by atoms with Crippen molar-refractivity contribution in [3.8, 4) is 5.75 Å². The molecule has 1 aromatic rings. The van der Waals surface area contributed by atoms with E-state index in [0.717, 1.165) is 0 Å². The largest absolute Gasteiger partial charge is 0.483 e. The number of hydrogen-bond donors (Lipinski definition) is 2. The summed E-state index contributed by atoms with van der Waals surface area (Å²) in [7, 11) is -0.426. The van der Waals surface area contributed by atoms with E-state index in [4.69, 9.17) is 9.84 Å². The van der Waals surface area contributed by atoms with E-state index in [1.165, 1.54) is 30.0 Å². The molecule has 0 saturated heterocycles. The number of hydrogen-bond acceptors (Lipinski definition) is 5. The second-order valence-corrected chi connectivity index (χ2v) is 6.97. The molecule has 0 fully saturated rings. The Labute approximate surface area is 130 Å². The normalized spacial score (nSPS) is 12.8. The molecule has 2 N–H and O–H groups in total. The van der Waals surface area contributed by atoms with Crippen LogP contribution in [0.3, 0.4) is 0 Å². The van der Waals surface area contributed by atoms with Crippen LogP contribution in [-0.4, -0.2) is 57.7 Å². The van der Waals surface area contributed by atoms with Crippen LogP contribution < -0.4 is 9.46 Å². The molecule has 1 amide bonds. The van der Waals surface area contributed by atoms with Gasteiger partial charge in [0.2, 0.25) is 10.0 Å². The summed E-state index contributed by atoms with van der Waals surface area (Å²) in [5, 5.41) is 9.15. The Kier molecular flexibility index (Phi) is 6.34. The molecule has 7 nitrogen and oxygen atoms in total. The summed E-state index contributed by atoms with van der Waals surface area (Å²) in [6.07, 6.45) is -0.768. The van der Waals surface area contributed by atoms with Gasteiger partial charge >= 0.3 is 0 Å². The van der Waals surface area contributed by atoms with E-state index in [2.05, 4.69) is 4.72 Å². The van der Waals surface area contributed by atoms with Crippen LogP contribution in [0.4, 0.5) is 0 Å². The third-order valence-corrected chi connectivity index (χ3v) is 4.30. The van der Waals surface area contributed by atoms with E-state index in [1.54, 1.807) is 21.0 Å². The highest BCUT2D eigenvalue weighted by atomic mass is 32.2. The first kappa shape index (κ1) is 18.4. The zero-order valence-electron chi connectivity index (χ0n) is 13.2. The third-order valence-electron chi connectivity index (χ3n) is 2.88. The molecule has 0 radical (unpaired) electrons. The molecule has 0 bridgehead atoms. The SMILES string of the molecule is Cc1cc(S(=O)(=O)NC[C@H](C)O)ccc1OCC(=O)N(C)C. The summed E-state index contributed by atoms with van der Waals surface area (Å²) in [5.41, 5.74) is 0.603. The fourth-order valence-electron chi connectivity index (χ4n) is 1.53. The smallest absolute Gasteiger partial charge is 0.259 e. The molecule has 0 spiro atoms. The molecule has 8 heteroatoms. The second kappa shape index (κ2) is 7.57. The number of aliphatic hydroxyl groups is 1. The van der Waals surface area contributed by atoms with Crippen LogP contribution in [0, 0.1) is 6.92 Å². The number of benzene rings is 1. The van der Waals surface area contributed by atoms with Crippen molar-refractivity contribution in [3.05, 3.63) is 23.8 Å². The maximum absolute atomic E-state index is 12.0. The molecule has 0 aliphatic carbocycles. The van der Waals surface area contributed by atoms with Crippen LogP contribution in [0.5, 0.6) is 5.75 Å². The number of carbonyl (C=O) groups is 1. The van der Waals surface area contributed by atoms with Gasteiger partial charge in [-0.05, 0) is 37.6 Å². The van der Waals surface area contributed by atoms with Crippen molar-refractivity contribution in [3.63, 3.8) is 0 Å². The van der Waals surface area contributed by atoms with Crippen LogP contribution in [0.25, 0.3) is 0 Å². The quantitative estimate of drug-likeness (QED) is 0.740. The number of nitrogens with one attached hydrogen (secondary N) is 1. The second-order valence-electron chi connectivity index (χ2n) is 5.21. The Bertz CT molecular complexity index is 626. The molecule has 0 unspecified atom stereocenters. The van der Waals surface area contributed by atoms with Crippen molar-refractivity contribution < 1.29 is 23.1 Å². The van der Waals surface area contributed by atoms with Crippen molar-refractivity contribution >= 4 is 15.9 Å². The molecule has 1 atom stereocenters. The van der Waals surface area contributed by atoms with E-state index in [1.807, 2.05) is 0 Å². The number of amides is 1. The van der Waals surface area contributed by atoms with E-state index in [9.17, 15) is 13.2 Å². The fourth-order valence-corrected chi connectivity index (χ4v) is 2.74. The molecule has 124 valence electrons. The minimum Gasteiger partial charge on any atom is -0.483 e. The van der Waals surface area contributed by atoms with Crippen molar-refractivity contribution in [2.45, 2.75) is 24.8 Å². The van der Waals surface area contributed by atoms with Gasteiger partial charge in [-0.3, -0.25) is 4.79 Å². The van der Waals surface area contributed by atoms with Gasteiger partial charge in [0.25, 0.3) is 5.91 Å². The summed E-state index contributed by atoms with van der Waals surface area (Å²) in [6, 6.07) is 4.36. The summed E-state index contributed by atoms with van der Waals surface area (Å²) < 4.78 is 31.7. The van der Waals surface area contributed by atoms with E-state index in [-0.39, 0.29) is 24.0 Å². The first-order valence-electron chi connectivity index (χ1n) is 6.75. The average Bonchev–Trinajstić information content (AvgIpc) is 2.43. The predicted octanol–water partition coefficient (Wildman–Crippen LogP) is 0.121. The van der Waals surface area contributed by atoms with Gasteiger partial charge in [0.05, 0.1) is 11.0 Å². The van der Waals surface area contributed by atoms with Gasteiger partial charge in [0.1, 0.15) is 5.75 Å². The summed E-state index contributed by atoms with van der Waals surface area (Å²) >= 11 is 0. The Balaban J connectivity index is 2.83. The lowest BCUT2D eigenvalue weighted by Crippen LogP contribution is -2.30. The summed E-state index contributed by atoms with van der Waals surface area (Å²) in [5.74, 6) is 0.263. The van der Waals surface area contributed by atoms with Crippen LogP contribution in [0.1, 0.15) is 12.5 Å². The molecule has 0 aromatic heterocycles. The van der Waals surface area contributed by atoms with Gasteiger partial charge in [0.15, 0.2) is 6.61 Å². The summed E-state index contributed by atoms with van der Waals surface area (Å²) in [4.78, 5) is 13.0. The van der Waals surface area contributed by atoms with Gasteiger partial charge in [-0.1, -0.05) is 0 Å². The average molecular weight is 330 g/mol. The lowest BCUT2D eigenvalue weighted by atomic mass is 10.2. The molecule has 0 saturated carbocycles. The standard InChI is InChI=1S/C14H22N2O5S/c1-10-7-12(22(19,20)15-8-11(2)17)5-6-13(10)21-9-14(18)16(3)4/h5-7,11,15,17H,8-9H2,1-4H3/t11-/m0/s1. The van der Waals surface area contributed by atoms with Crippen molar-refractivity contribution in [1.29, 1.82) is 0 Å². The maximum atomic E-state index is 12.0. The number of aryl methyl sites for hydroxylation is 1. The highest BCUT2D eigenvalue weighted by Crippen LogP contribution is 2.21. The minimum atomic E-state index is -3.68. The number of aliphatic hydroxyl groups excluding tert-OH is 1. The number of carbonyl (C=O) groups excluding carboxylic acids is 1. The third kappa shape index (κ3) is 5.28. The Morgan fingerprint density at radius 1 is 1.41 bits per heavy atom. The van der Waals surface area contributed by atoms with Crippen molar-refractivity contribution in [2.24, 2.45) is 0 Å². The Hall–Kier alpha value is -1.64. The monoisotopic (exact) mass is 330 g/mol. The molecule has 0 aliphatic heterocycles. The zero-order chi connectivity index (χ0) is 16.9. The Morgan fingerprint density at radius 2 is 2.05 bits per heavy atom. The molecular weight excluding hydrogens is 308 g/mol. The van der Waals surface area contributed by atoms with Gasteiger partial charge in [-0.2, -0.15) is 0 Å². The number of rotatable bonds is 7. The highest BCUT2D eigenvalue weighted by molar-refractivity contribution is 7.89. The predicted molar refractivity (Wildman–Crippen MR) is 82.2 cm³/mol. The van der Waals surface area contributed by atoms with Gasteiger partial charge in [-0.15, -0.1) is 0 Å². The number of ether oxygens (including phenoxy) is 1. The minimum absolute atomic E-state index is 0.0586. The number of sulfonamides is 1. The maximum Gasteiger partial charge on any atom is 0.259 e. The lowest BCUT2D eigenvalue weighted by molar-refractivity contribution is -0.130.